The van der Waals surface area contributed by atoms with Gasteiger partial charge in [0.05, 0.1) is 13.0 Å². The molecule has 0 saturated heterocycles. The Morgan fingerprint density at radius 2 is 2.00 bits per heavy atom. The Morgan fingerprint density at radius 3 is 2.55 bits per heavy atom. The first-order valence-electron chi connectivity index (χ1n) is 6.37. The van der Waals surface area contributed by atoms with E-state index in [1.807, 2.05) is 38.4 Å². The molecule has 3 nitrogen and oxygen atoms in total. The maximum absolute atomic E-state index is 11.9. The molecule has 0 amide bonds. The lowest BCUT2D eigenvalue weighted by Gasteiger charge is -2.32. The van der Waals surface area contributed by atoms with Crippen LogP contribution in [0.2, 0.25) is 5.02 Å². The number of rotatable bonds is 3. The highest BCUT2D eigenvalue weighted by Crippen LogP contribution is 2.37. The number of nitrogens with zero attached hydrogens (tertiary/aromatic N) is 1. The lowest BCUT2D eigenvalue weighted by molar-refractivity contribution is -0.146. The SMILES string of the molecule is COC(=O)[C@@H]1CSC(c2ccc(Cl)cc2)=C[C@@H]1N(C)C. The number of hydrogen-bond acceptors (Lipinski definition) is 4. The van der Waals surface area contributed by atoms with Crippen LogP contribution < -0.4 is 0 Å². The summed E-state index contributed by atoms with van der Waals surface area (Å²) in [6, 6.07) is 7.83. The summed E-state index contributed by atoms with van der Waals surface area (Å²) in [6.07, 6.45) is 2.14. The Labute approximate surface area is 128 Å². The minimum Gasteiger partial charge on any atom is -0.469 e. The van der Waals surface area contributed by atoms with Crippen LogP contribution in [0.4, 0.5) is 0 Å². The van der Waals surface area contributed by atoms with Crippen LogP contribution in [0.3, 0.4) is 0 Å². The summed E-state index contributed by atoms with van der Waals surface area (Å²) in [5.74, 6) is 0.447. The quantitative estimate of drug-likeness (QED) is 0.802. The first kappa shape index (κ1) is 15.4. The van der Waals surface area contributed by atoms with Crippen LogP contribution in [0.1, 0.15) is 5.56 Å². The molecule has 0 saturated carbocycles. The Balaban J connectivity index is 2.28. The third-order valence-corrected chi connectivity index (χ3v) is 4.84. The molecule has 2 rings (SSSR count). The summed E-state index contributed by atoms with van der Waals surface area (Å²) in [6.45, 7) is 0. The molecule has 1 aromatic carbocycles. The molecule has 0 unspecified atom stereocenters. The number of benzene rings is 1. The van der Waals surface area contributed by atoms with Crippen molar-refractivity contribution in [3.63, 3.8) is 0 Å². The molecule has 0 radical (unpaired) electrons. The van der Waals surface area contributed by atoms with Crippen LogP contribution in [0.5, 0.6) is 0 Å². The lowest BCUT2D eigenvalue weighted by Crippen LogP contribution is -2.41. The number of halogens is 1. The second kappa shape index (κ2) is 6.66. The minimum atomic E-state index is -0.150. The molecule has 1 aliphatic rings. The second-order valence-corrected chi connectivity index (χ2v) is 6.43. The van der Waals surface area contributed by atoms with E-state index in [1.165, 1.54) is 12.0 Å². The van der Waals surface area contributed by atoms with E-state index in [2.05, 4.69) is 11.0 Å². The zero-order valence-electron chi connectivity index (χ0n) is 11.8. The van der Waals surface area contributed by atoms with E-state index < -0.39 is 0 Å². The van der Waals surface area contributed by atoms with Crippen LogP contribution >= 0.6 is 23.4 Å². The molecule has 5 heteroatoms. The number of carbonyl (C=O) groups excluding carboxylic acids is 1. The largest absolute Gasteiger partial charge is 0.469 e. The first-order chi connectivity index (χ1) is 9.52. The van der Waals surface area contributed by atoms with E-state index in [1.54, 1.807) is 11.8 Å². The van der Waals surface area contributed by atoms with Crippen molar-refractivity contribution in [2.24, 2.45) is 5.92 Å². The number of carbonyl (C=O) groups is 1. The van der Waals surface area contributed by atoms with E-state index in [4.69, 9.17) is 16.3 Å². The summed E-state index contributed by atoms with van der Waals surface area (Å²) >= 11 is 7.60. The third kappa shape index (κ3) is 3.37. The molecule has 1 aromatic rings. The van der Waals surface area contributed by atoms with Crippen LogP contribution in [0.15, 0.2) is 30.3 Å². The average molecular weight is 312 g/mol. The van der Waals surface area contributed by atoms with Gasteiger partial charge in [-0.15, -0.1) is 11.8 Å². The van der Waals surface area contributed by atoms with Crippen molar-refractivity contribution in [3.05, 3.63) is 40.9 Å². The van der Waals surface area contributed by atoms with Gasteiger partial charge in [0, 0.05) is 21.7 Å². The Hall–Kier alpha value is -0.970. The van der Waals surface area contributed by atoms with Gasteiger partial charge in [-0.2, -0.15) is 0 Å². The molecule has 0 spiro atoms. The van der Waals surface area contributed by atoms with E-state index in [0.717, 1.165) is 16.3 Å². The summed E-state index contributed by atoms with van der Waals surface area (Å²) < 4.78 is 4.90. The van der Waals surface area contributed by atoms with Gasteiger partial charge < -0.3 is 9.64 Å². The fourth-order valence-electron chi connectivity index (χ4n) is 2.26. The van der Waals surface area contributed by atoms with E-state index in [0.29, 0.717) is 0 Å². The standard InChI is InChI=1S/C15H18ClNO2S/c1-17(2)13-8-14(10-4-6-11(16)7-5-10)20-9-12(13)15(18)19-3/h4-8,12-13H,9H2,1-3H3/t12-,13+/m1/s1. The second-order valence-electron chi connectivity index (χ2n) is 4.93. The highest BCUT2D eigenvalue weighted by Gasteiger charge is 2.33. The molecular formula is C15H18ClNO2S. The summed E-state index contributed by atoms with van der Waals surface area (Å²) in [4.78, 5) is 15.1. The van der Waals surface area contributed by atoms with Gasteiger partial charge in [-0.3, -0.25) is 4.79 Å². The smallest absolute Gasteiger partial charge is 0.311 e. The molecule has 2 atom stereocenters. The van der Waals surface area contributed by atoms with Crippen LogP contribution in [-0.2, 0) is 9.53 Å². The highest BCUT2D eigenvalue weighted by atomic mass is 35.5. The van der Waals surface area contributed by atoms with Crippen molar-refractivity contribution >= 4 is 34.2 Å². The van der Waals surface area contributed by atoms with Gasteiger partial charge in [-0.1, -0.05) is 29.8 Å². The summed E-state index contributed by atoms with van der Waals surface area (Å²) in [5, 5.41) is 0.728. The highest BCUT2D eigenvalue weighted by molar-refractivity contribution is 8.08. The normalized spacial score (nSPS) is 22.6. The van der Waals surface area contributed by atoms with Crippen molar-refractivity contribution in [3.8, 4) is 0 Å². The van der Waals surface area contributed by atoms with E-state index in [-0.39, 0.29) is 17.9 Å². The molecule has 0 aromatic heterocycles. The van der Waals surface area contributed by atoms with Crippen molar-refractivity contribution < 1.29 is 9.53 Å². The molecule has 108 valence electrons. The average Bonchev–Trinajstić information content (AvgIpc) is 2.46. The van der Waals surface area contributed by atoms with Crippen LogP contribution in [-0.4, -0.2) is 43.9 Å². The topological polar surface area (TPSA) is 29.5 Å². The van der Waals surface area contributed by atoms with Gasteiger partial charge >= 0.3 is 5.97 Å². The van der Waals surface area contributed by atoms with Gasteiger partial charge in [-0.25, -0.2) is 0 Å². The number of ether oxygens (including phenoxy) is 1. The van der Waals surface area contributed by atoms with Crippen molar-refractivity contribution in [2.75, 3.05) is 27.0 Å². The zero-order chi connectivity index (χ0) is 14.7. The predicted octanol–water partition coefficient (Wildman–Crippen LogP) is 3.15. The molecule has 1 aliphatic heterocycles. The maximum Gasteiger partial charge on any atom is 0.311 e. The predicted molar refractivity (Wildman–Crippen MR) is 84.9 cm³/mol. The number of likely N-dealkylation sites (N-methyl/N-ethyl adjacent to an activating group) is 1. The van der Waals surface area contributed by atoms with Crippen LogP contribution in [0, 0.1) is 5.92 Å². The monoisotopic (exact) mass is 311 g/mol. The zero-order valence-corrected chi connectivity index (χ0v) is 13.4. The third-order valence-electron chi connectivity index (χ3n) is 3.38. The van der Waals surface area contributed by atoms with Crippen molar-refractivity contribution in [1.29, 1.82) is 0 Å². The van der Waals surface area contributed by atoms with Gasteiger partial charge in [-0.05, 0) is 31.8 Å². The van der Waals surface area contributed by atoms with E-state index >= 15 is 0 Å². The van der Waals surface area contributed by atoms with Crippen LogP contribution in [0.25, 0.3) is 4.91 Å². The number of thioether (sulfide) groups is 1. The Bertz CT molecular complexity index is 513. The first-order valence-corrected chi connectivity index (χ1v) is 7.74. The molecule has 0 bridgehead atoms. The molecule has 0 N–H and O–H groups in total. The summed E-state index contributed by atoms with van der Waals surface area (Å²) in [5.41, 5.74) is 1.13. The Kier molecular flexibility index (Phi) is 5.13. The minimum absolute atomic E-state index is 0.0504. The lowest BCUT2D eigenvalue weighted by atomic mass is 9.98. The van der Waals surface area contributed by atoms with Gasteiger partial charge in [0.2, 0.25) is 0 Å². The molecule has 1 heterocycles. The van der Waals surface area contributed by atoms with Crippen molar-refractivity contribution in [2.45, 2.75) is 6.04 Å². The number of esters is 1. The molecule has 0 fully saturated rings. The molecule has 0 aliphatic carbocycles. The van der Waals surface area contributed by atoms with E-state index in [9.17, 15) is 4.79 Å². The van der Waals surface area contributed by atoms with Crippen molar-refractivity contribution in [1.82, 2.24) is 4.90 Å². The van der Waals surface area contributed by atoms with Gasteiger partial charge in [0.25, 0.3) is 0 Å². The number of hydrogen-bond donors (Lipinski definition) is 0. The molecular weight excluding hydrogens is 294 g/mol. The fourth-order valence-corrected chi connectivity index (χ4v) is 3.62. The maximum atomic E-state index is 11.9. The van der Waals surface area contributed by atoms with Gasteiger partial charge in [0.15, 0.2) is 0 Å². The van der Waals surface area contributed by atoms with Gasteiger partial charge in [0.1, 0.15) is 0 Å². The molecule has 20 heavy (non-hydrogen) atoms. The Morgan fingerprint density at radius 1 is 1.35 bits per heavy atom. The fraction of sp³-hybridized carbons (Fsp3) is 0.400. The number of methoxy groups -OCH3 is 1. The summed E-state index contributed by atoms with van der Waals surface area (Å²) in [7, 11) is 5.40.